The van der Waals surface area contributed by atoms with E-state index in [0.717, 1.165) is 0 Å². The Morgan fingerprint density at radius 3 is 2.95 bits per heavy atom. The van der Waals surface area contributed by atoms with Crippen molar-refractivity contribution in [3.63, 3.8) is 0 Å². The first kappa shape index (κ1) is 14.5. The number of rotatable bonds is 6. The number of hydrogen-bond acceptors (Lipinski definition) is 6. The summed E-state index contributed by atoms with van der Waals surface area (Å²) in [4.78, 5) is 11.2. The summed E-state index contributed by atoms with van der Waals surface area (Å²) < 4.78 is 6.82. The van der Waals surface area contributed by atoms with Crippen LogP contribution >= 0.6 is 11.8 Å². The molecule has 0 aliphatic heterocycles. The number of nitrogens with one attached hydrogen (secondary N) is 1. The summed E-state index contributed by atoms with van der Waals surface area (Å²) >= 11 is 1.27. The number of nitrogens with two attached hydrogens (primary N) is 1. The van der Waals surface area contributed by atoms with E-state index >= 15 is 0 Å². The summed E-state index contributed by atoms with van der Waals surface area (Å²) in [6, 6.07) is 7.10. The van der Waals surface area contributed by atoms with Crippen molar-refractivity contribution >= 4 is 17.4 Å². The normalized spacial score (nSPS) is 12.3. The maximum atomic E-state index is 11.2. The molecule has 108 valence electrons. The molecule has 1 atom stereocenters. The lowest BCUT2D eigenvalue weighted by Gasteiger charge is -2.12. The summed E-state index contributed by atoms with van der Waals surface area (Å²) in [7, 11) is 1.61. The van der Waals surface area contributed by atoms with Gasteiger partial charge in [-0.3, -0.25) is 4.57 Å². The third kappa shape index (κ3) is 3.55. The molecule has 1 aromatic carbocycles. The number of aliphatic hydroxyl groups excluding tert-OH is 1. The predicted octanol–water partition coefficient (Wildman–Crippen LogP) is 0.223. The van der Waals surface area contributed by atoms with Gasteiger partial charge in [0.05, 0.1) is 11.8 Å². The zero-order chi connectivity index (χ0) is 14.5. The van der Waals surface area contributed by atoms with Crippen LogP contribution in [0.2, 0.25) is 0 Å². The molecule has 20 heavy (non-hydrogen) atoms. The number of benzene rings is 1. The molecular weight excluding hydrogens is 280 g/mol. The van der Waals surface area contributed by atoms with E-state index in [4.69, 9.17) is 10.5 Å². The van der Waals surface area contributed by atoms with Crippen LogP contribution in [-0.4, -0.2) is 38.3 Å². The molecule has 1 heterocycles. The standard InChI is InChI=1S/C12H16N4O3S/c1-16-11(18)14-15-12(16)20-7-8(17)6-19-10-5-3-2-4-9(10)13/h2-5,8,17H,6-7,13H2,1H3,(H,14,18). The van der Waals surface area contributed by atoms with Crippen LogP contribution in [0.5, 0.6) is 5.75 Å². The van der Waals surface area contributed by atoms with Crippen molar-refractivity contribution in [2.45, 2.75) is 11.3 Å². The van der Waals surface area contributed by atoms with Crippen molar-refractivity contribution in [1.29, 1.82) is 0 Å². The molecule has 7 nitrogen and oxygen atoms in total. The van der Waals surface area contributed by atoms with Gasteiger partial charge in [0.1, 0.15) is 12.4 Å². The third-order valence-corrected chi connectivity index (χ3v) is 3.77. The molecule has 0 spiro atoms. The maximum absolute atomic E-state index is 11.2. The highest BCUT2D eigenvalue weighted by molar-refractivity contribution is 7.99. The van der Waals surface area contributed by atoms with Crippen LogP contribution in [0.4, 0.5) is 5.69 Å². The zero-order valence-electron chi connectivity index (χ0n) is 10.9. The molecule has 0 amide bonds. The molecule has 1 unspecified atom stereocenters. The predicted molar refractivity (Wildman–Crippen MR) is 76.9 cm³/mol. The van der Waals surface area contributed by atoms with Crippen LogP contribution in [-0.2, 0) is 7.05 Å². The fourth-order valence-corrected chi connectivity index (χ4v) is 2.30. The van der Waals surface area contributed by atoms with Gasteiger partial charge >= 0.3 is 5.69 Å². The molecule has 0 saturated heterocycles. The minimum Gasteiger partial charge on any atom is -0.489 e. The minimum atomic E-state index is -0.689. The van der Waals surface area contributed by atoms with E-state index in [2.05, 4.69) is 10.2 Å². The number of thioether (sulfide) groups is 1. The Morgan fingerprint density at radius 2 is 2.30 bits per heavy atom. The third-order valence-electron chi connectivity index (χ3n) is 2.59. The van der Waals surface area contributed by atoms with Crippen molar-refractivity contribution in [2.24, 2.45) is 7.05 Å². The Morgan fingerprint density at radius 1 is 1.55 bits per heavy atom. The molecule has 1 aromatic heterocycles. The molecule has 0 aliphatic carbocycles. The zero-order valence-corrected chi connectivity index (χ0v) is 11.8. The number of nitrogen functional groups attached to an aromatic ring is 1. The molecule has 2 aromatic rings. The molecule has 8 heteroatoms. The second-order valence-corrected chi connectivity index (χ2v) is 5.17. The Balaban J connectivity index is 1.81. The smallest absolute Gasteiger partial charge is 0.343 e. The average molecular weight is 296 g/mol. The summed E-state index contributed by atoms with van der Waals surface area (Å²) in [5, 5.41) is 16.5. The van der Waals surface area contributed by atoms with Gasteiger partial charge in [0.25, 0.3) is 0 Å². The highest BCUT2D eigenvalue weighted by atomic mass is 32.2. The van der Waals surface area contributed by atoms with E-state index in [1.807, 2.05) is 12.1 Å². The van der Waals surface area contributed by atoms with Gasteiger partial charge in [0.15, 0.2) is 5.16 Å². The number of aromatic amines is 1. The topological polar surface area (TPSA) is 106 Å². The van der Waals surface area contributed by atoms with Crippen molar-refractivity contribution in [3.05, 3.63) is 34.7 Å². The monoisotopic (exact) mass is 296 g/mol. The van der Waals surface area contributed by atoms with Crippen LogP contribution in [0, 0.1) is 0 Å². The van der Waals surface area contributed by atoms with Crippen LogP contribution in [0.1, 0.15) is 0 Å². The van der Waals surface area contributed by atoms with Gasteiger partial charge in [-0.15, -0.1) is 5.10 Å². The minimum absolute atomic E-state index is 0.125. The molecule has 0 radical (unpaired) electrons. The number of para-hydroxylation sites is 2. The first-order chi connectivity index (χ1) is 9.58. The Hall–Kier alpha value is -1.93. The highest BCUT2D eigenvalue weighted by Crippen LogP contribution is 2.20. The van der Waals surface area contributed by atoms with Crippen molar-refractivity contribution < 1.29 is 9.84 Å². The summed E-state index contributed by atoms with van der Waals surface area (Å²) in [6.45, 7) is 0.125. The Kier molecular flexibility index (Phi) is 4.70. The lowest BCUT2D eigenvalue weighted by molar-refractivity contribution is 0.127. The Labute approximate surface area is 119 Å². The lowest BCUT2D eigenvalue weighted by atomic mass is 10.3. The molecule has 4 N–H and O–H groups in total. The largest absolute Gasteiger partial charge is 0.489 e. The number of aromatic nitrogens is 3. The SMILES string of the molecule is Cn1c(SCC(O)COc2ccccc2N)n[nH]c1=O. The van der Waals surface area contributed by atoms with E-state index in [-0.39, 0.29) is 12.3 Å². The molecule has 0 aliphatic rings. The van der Waals surface area contributed by atoms with Gasteiger partial charge in [0, 0.05) is 12.8 Å². The number of anilines is 1. The quantitative estimate of drug-likeness (QED) is 0.520. The second-order valence-electron chi connectivity index (χ2n) is 4.18. The van der Waals surface area contributed by atoms with Crippen molar-refractivity contribution in [1.82, 2.24) is 14.8 Å². The fourth-order valence-electron chi connectivity index (χ4n) is 1.48. The summed E-state index contributed by atoms with van der Waals surface area (Å²) in [5.74, 6) is 0.911. The van der Waals surface area contributed by atoms with Gasteiger partial charge in [-0.05, 0) is 12.1 Å². The van der Waals surface area contributed by atoms with E-state index in [1.165, 1.54) is 16.3 Å². The van der Waals surface area contributed by atoms with Crippen molar-refractivity contribution in [3.8, 4) is 5.75 Å². The van der Waals surface area contributed by atoms with Crippen LogP contribution in [0.25, 0.3) is 0 Å². The van der Waals surface area contributed by atoms with E-state index in [9.17, 15) is 9.90 Å². The molecule has 0 bridgehead atoms. The van der Waals surface area contributed by atoms with Gasteiger partial charge < -0.3 is 15.6 Å². The van der Waals surface area contributed by atoms with Gasteiger partial charge in [-0.1, -0.05) is 23.9 Å². The molecule has 2 rings (SSSR count). The van der Waals surface area contributed by atoms with Crippen LogP contribution < -0.4 is 16.2 Å². The van der Waals surface area contributed by atoms with E-state index in [0.29, 0.717) is 22.3 Å². The number of nitrogens with zero attached hydrogens (tertiary/aromatic N) is 2. The first-order valence-corrected chi connectivity index (χ1v) is 6.96. The highest BCUT2D eigenvalue weighted by Gasteiger charge is 2.11. The average Bonchev–Trinajstić information content (AvgIpc) is 2.76. The molecular formula is C12H16N4O3S. The fraction of sp³-hybridized carbons (Fsp3) is 0.333. The number of ether oxygens (including phenoxy) is 1. The Bertz CT molecular complexity index is 625. The molecule has 0 saturated carbocycles. The summed E-state index contributed by atoms with van der Waals surface area (Å²) in [6.07, 6.45) is -0.689. The molecule has 0 fully saturated rings. The number of hydrogen-bond donors (Lipinski definition) is 3. The van der Waals surface area contributed by atoms with Crippen LogP contribution in [0.3, 0.4) is 0 Å². The number of H-pyrrole nitrogens is 1. The second kappa shape index (κ2) is 6.49. The van der Waals surface area contributed by atoms with Crippen LogP contribution in [0.15, 0.2) is 34.2 Å². The first-order valence-electron chi connectivity index (χ1n) is 5.97. The lowest BCUT2D eigenvalue weighted by Crippen LogP contribution is -2.21. The van der Waals surface area contributed by atoms with Gasteiger partial charge in [0.2, 0.25) is 0 Å². The van der Waals surface area contributed by atoms with Crippen molar-refractivity contribution in [2.75, 3.05) is 18.1 Å². The van der Waals surface area contributed by atoms with Gasteiger partial charge in [-0.25, -0.2) is 9.89 Å². The van der Waals surface area contributed by atoms with E-state index in [1.54, 1.807) is 19.2 Å². The number of aliphatic hydroxyl groups is 1. The maximum Gasteiger partial charge on any atom is 0.343 e. The van der Waals surface area contributed by atoms with E-state index < -0.39 is 6.10 Å². The van der Waals surface area contributed by atoms with Gasteiger partial charge in [-0.2, -0.15) is 0 Å². The summed E-state index contributed by atoms with van der Waals surface area (Å²) in [5.41, 5.74) is 5.98.